The van der Waals surface area contributed by atoms with Crippen molar-refractivity contribution >= 4 is 23.4 Å². The third-order valence-electron chi connectivity index (χ3n) is 3.93. The highest BCUT2D eigenvalue weighted by atomic mass is 35.5. The molecule has 2 rings (SSSR count). The van der Waals surface area contributed by atoms with Gasteiger partial charge in [0.1, 0.15) is 0 Å². The smallest absolute Gasteiger partial charge is 0.277 e. The van der Waals surface area contributed by atoms with Crippen LogP contribution in [0.5, 0.6) is 0 Å². The number of carbonyl (C=O) groups excluding carboxylic acids is 2. The quantitative estimate of drug-likeness (QED) is 0.850. The van der Waals surface area contributed by atoms with E-state index in [-0.39, 0.29) is 12.3 Å². The predicted octanol–water partition coefficient (Wildman–Crippen LogP) is 1.57. The molecular weight excluding hydrogens is 328 g/mol. The maximum absolute atomic E-state index is 13.2. The number of carbonyl (C=O) groups is 2. The van der Waals surface area contributed by atoms with Gasteiger partial charge >= 0.3 is 0 Å². The Bertz CT molecular complexity index is 612. The van der Waals surface area contributed by atoms with Gasteiger partial charge in [-0.15, -0.1) is 0 Å². The van der Waals surface area contributed by atoms with Crippen LogP contribution in [-0.2, 0) is 9.59 Å². The van der Waals surface area contributed by atoms with Crippen molar-refractivity contribution in [3.05, 3.63) is 34.9 Å². The minimum Gasteiger partial charge on any atom is -0.350 e. The molecule has 1 saturated heterocycles. The average molecular weight is 346 g/mol. The van der Waals surface area contributed by atoms with Gasteiger partial charge in [0, 0.05) is 18.5 Å². The van der Waals surface area contributed by atoms with Crippen molar-refractivity contribution < 1.29 is 18.4 Å². The van der Waals surface area contributed by atoms with Crippen LogP contribution in [0.15, 0.2) is 24.3 Å². The molecule has 0 saturated carbocycles. The highest BCUT2D eigenvalue weighted by Gasteiger charge is 2.43. The molecule has 1 aliphatic heterocycles. The maximum Gasteiger partial charge on any atom is 0.277 e. The van der Waals surface area contributed by atoms with Gasteiger partial charge in [-0.1, -0.05) is 23.7 Å². The molecule has 1 fully saturated rings. The fourth-order valence-electron chi connectivity index (χ4n) is 2.67. The molecule has 1 aliphatic rings. The minimum absolute atomic E-state index is 0.0340. The zero-order valence-corrected chi connectivity index (χ0v) is 13.3. The topological polar surface area (TPSA) is 75.4 Å². The number of rotatable bonds is 5. The van der Waals surface area contributed by atoms with Gasteiger partial charge in [0.2, 0.25) is 11.8 Å². The van der Waals surface area contributed by atoms with Crippen LogP contribution in [0.4, 0.5) is 8.78 Å². The lowest BCUT2D eigenvalue weighted by molar-refractivity contribution is -0.129. The zero-order valence-electron chi connectivity index (χ0n) is 12.6. The van der Waals surface area contributed by atoms with Crippen molar-refractivity contribution in [2.75, 3.05) is 20.1 Å². The number of nitrogens with zero attached hydrogens (tertiary/aromatic N) is 1. The first kappa shape index (κ1) is 17.6. The van der Waals surface area contributed by atoms with Gasteiger partial charge < -0.3 is 16.0 Å². The molecule has 0 bridgehead atoms. The van der Waals surface area contributed by atoms with Crippen LogP contribution in [0.3, 0.4) is 0 Å². The summed E-state index contributed by atoms with van der Waals surface area (Å²) in [6.07, 6.45) is -0.0340. The van der Waals surface area contributed by atoms with E-state index < -0.39 is 36.9 Å². The minimum atomic E-state index is -3.17. The lowest BCUT2D eigenvalue weighted by Crippen LogP contribution is -2.44. The van der Waals surface area contributed by atoms with Gasteiger partial charge in [-0.25, -0.2) is 8.78 Å². The van der Waals surface area contributed by atoms with E-state index in [4.69, 9.17) is 17.3 Å². The van der Waals surface area contributed by atoms with Crippen molar-refractivity contribution in [3.8, 4) is 0 Å². The summed E-state index contributed by atoms with van der Waals surface area (Å²) in [6.45, 7) is -1.70. The van der Waals surface area contributed by atoms with Gasteiger partial charge in [-0.2, -0.15) is 0 Å². The molecule has 0 aliphatic carbocycles. The number of halogens is 3. The predicted molar refractivity (Wildman–Crippen MR) is 82.1 cm³/mol. The molecular formula is C15H18ClF2N3O2. The van der Waals surface area contributed by atoms with Crippen molar-refractivity contribution in [2.45, 2.75) is 18.4 Å². The monoisotopic (exact) mass is 345 g/mol. The number of hydrogen-bond acceptors (Lipinski definition) is 3. The number of alkyl halides is 2. The second-order valence-corrected chi connectivity index (χ2v) is 6.03. The van der Waals surface area contributed by atoms with Crippen molar-refractivity contribution in [2.24, 2.45) is 11.7 Å². The summed E-state index contributed by atoms with van der Waals surface area (Å²) in [5, 5.41) is 2.67. The van der Waals surface area contributed by atoms with E-state index in [2.05, 4.69) is 5.32 Å². The standard InChI is InChI=1S/C15H18ClF2N3O2/c1-21-12(22)6-11(14(23)20-8-15(17,18)7-19)13(21)9-3-2-4-10(16)5-9/h2-5,11,13H,6-8,19H2,1H3,(H,20,23). The van der Waals surface area contributed by atoms with E-state index in [0.29, 0.717) is 10.6 Å². The van der Waals surface area contributed by atoms with E-state index in [0.717, 1.165) is 0 Å². The molecule has 2 unspecified atom stereocenters. The molecule has 126 valence electrons. The number of hydrogen-bond donors (Lipinski definition) is 2. The second-order valence-electron chi connectivity index (χ2n) is 5.59. The first-order chi connectivity index (χ1) is 10.7. The molecule has 5 nitrogen and oxygen atoms in total. The molecule has 0 spiro atoms. The SMILES string of the molecule is CN1C(=O)CC(C(=O)NCC(F)(F)CN)C1c1cccc(Cl)c1. The van der Waals surface area contributed by atoms with Crippen LogP contribution in [0.25, 0.3) is 0 Å². The Labute approximate surface area is 137 Å². The summed E-state index contributed by atoms with van der Waals surface area (Å²) in [6, 6.07) is 6.27. The molecule has 1 aromatic rings. The highest BCUT2D eigenvalue weighted by Crippen LogP contribution is 2.37. The number of nitrogens with one attached hydrogen (secondary N) is 1. The fourth-order valence-corrected chi connectivity index (χ4v) is 2.87. The van der Waals surface area contributed by atoms with Gasteiger partial charge in [0.25, 0.3) is 5.92 Å². The molecule has 3 N–H and O–H groups in total. The van der Waals surface area contributed by atoms with E-state index in [1.54, 1.807) is 31.3 Å². The molecule has 23 heavy (non-hydrogen) atoms. The van der Waals surface area contributed by atoms with Crippen molar-refractivity contribution in [1.82, 2.24) is 10.2 Å². The second kappa shape index (κ2) is 6.80. The summed E-state index contributed by atoms with van der Waals surface area (Å²) < 4.78 is 26.4. The average Bonchev–Trinajstić information content (AvgIpc) is 2.81. The van der Waals surface area contributed by atoms with Crippen molar-refractivity contribution in [1.29, 1.82) is 0 Å². The lowest BCUT2D eigenvalue weighted by Gasteiger charge is -2.25. The van der Waals surface area contributed by atoms with Gasteiger partial charge in [-0.05, 0) is 17.7 Å². The third-order valence-corrected chi connectivity index (χ3v) is 4.17. The van der Waals surface area contributed by atoms with Crippen LogP contribution in [0, 0.1) is 5.92 Å². The van der Waals surface area contributed by atoms with Crippen LogP contribution < -0.4 is 11.1 Å². The van der Waals surface area contributed by atoms with Crippen LogP contribution in [-0.4, -0.2) is 42.8 Å². The summed E-state index contributed by atoms with van der Waals surface area (Å²) in [7, 11) is 1.58. The van der Waals surface area contributed by atoms with Crippen LogP contribution >= 0.6 is 11.6 Å². The molecule has 8 heteroatoms. The zero-order chi connectivity index (χ0) is 17.2. The summed E-state index contributed by atoms with van der Waals surface area (Å²) in [5.74, 6) is -4.74. The molecule has 0 radical (unpaired) electrons. The van der Waals surface area contributed by atoms with Crippen molar-refractivity contribution in [3.63, 3.8) is 0 Å². The Kier molecular flexibility index (Phi) is 5.21. The molecule has 1 aromatic carbocycles. The highest BCUT2D eigenvalue weighted by molar-refractivity contribution is 6.30. The van der Waals surface area contributed by atoms with Crippen LogP contribution in [0.2, 0.25) is 5.02 Å². The summed E-state index contributed by atoms with van der Waals surface area (Å²) in [4.78, 5) is 25.7. The number of nitrogens with two attached hydrogens (primary N) is 1. The van der Waals surface area contributed by atoms with E-state index >= 15 is 0 Å². The Balaban J connectivity index is 2.19. The fraction of sp³-hybridized carbons (Fsp3) is 0.467. The van der Waals surface area contributed by atoms with Gasteiger partial charge in [-0.3, -0.25) is 9.59 Å². The number of amides is 2. The first-order valence-electron chi connectivity index (χ1n) is 7.12. The normalized spacial score (nSPS) is 21.6. The first-order valence-corrected chi connectivity index (χ1v) is 7.49. The van der Waals surface area contributed by atoms with E-state index in [1.807, 2.05) is 0 Å². The number of likely N-dealkylation sites (tertiary alicyclic amines) is 1. The van der Waals surface area contributed by atoms with Gasteiger partial charge in [0.05, 0.1) is 25.0 Å². The maximum atomic E-state index is 13.2. The summed E-state index contributed by atoms with van der Waals surface area (Å²) >= 11 is 5.96. The van der Waals surface area contributed by atoms with Gasteiger partial charge in [0.15, 0.2) is 0 Å². The van der Waals surface area contributed by atoms with E-state index in [9.17, 15) is 18.4 Å². The Hall–Kier alpha value is -1.73. The molecule has 2 atom stereocenters. The van der Waals surface area contributed by atoms with Crippen LogP contribution in [0.1, 0.15) is 18.0 Å². The number of benzene rings is 1. The molecule has 2 amide bonds. The Morgan fingerprint density at radius 3 is 2.83 bits per heavy atom. The Morgan fingerprint density at radius 2 is 2.22 bits per heavy atom. The van der Waals surface area contributed by atoms with E-state index in [1.165, 1.54) is 4.90 Å². The largest absolute Gasteiger partial charge is 0.350 e. The summed E-state index contributed by atoms with van der Waals surface area (Å²) in [5.41, 5.74) is 5.64. The molecule has 1 heterocycles. The lowest BCUT2D eigenvalue weighted by atomic mass is 9.93. The molecule has 0 aromatic heterocycles. The third kappa shape index (κ3) is 3.97. The Morgan fingerprint density at radius 1 is 1.52 bits per heavy atom.